The number of carbonyl (C=O) groups excluding carboxylic acids is 1. The van der Waals surface area contributed by atoms with E-state index in [9.17, 15) is 13.2 Å². The van der Waals surface area contributed by atoms with E-state index in [-0.39, 0.29) is 12.3 Å². The molecule has 0 saturated heterocycles. The summed E-state index contributed by atoms with van der Waals surface area (Å²) in [5, 5.41) is 0. The molecule has 0 fully saturated rings. The van der Waals surface area contributed by atoms with E-state index in [0.717, 1.165) is 6.26 Å². The molecular formula is C11H19NO5S. The van der Waals surface area contributed by atoms with Crippen LogP contribution in [0, 0.1) is 0 Å². The van der Waals surface area contributed by atoms with Crippen LogP contribution in [0.2, 0.25) is 0 Å². The summed E-state index contributed by atoms with van der Waals surface area (Å²) >= 11 is 0. The molecule has 0 bridgehead atoms. The molecule has 0 aromatic heterocycles. The molecule has 0 aliphatic carbocycles. The lowest BCUT2D eigenvalue weighted by atomic mass is 10.2. The van der Waals surface area contributed by atoms with Gasteiger partial charge in [-0.2, -0.15) is 8.42 Å². The van der Waals surface area contributed by atoms with E-state index in [0.29, 0.717) is 13.0 Å². The van der Waals surface area contributed by atoms with Crippen molar-refractivity contribution < 1.29 is 22.1 Å². The summed E-state index contributed by atoms with van der Waals surface area (Å²) in [4.78, 5) is 13.2. The standard InChI is InChI=1S/C11H19NO5S/c1-11(2,3)16-10(13)12-7-5-6-9(8-12)17-18(4,14)15/h6H,5,7-8H2,1-4H3. The van der Waals surface area contributed by atoms with E-state index in [4.69, 9.17) is 8.92 Å². The summed E-state index contributed by atoms with van der Waals surface area (Å²) in [7, 11) is -3.56. The molecule has 1 rings (SSSR count). The number of carbonyl (C=O) groups is 1. The molecule has 0 N–H and O–H groups in total. The van der Waals surface area contributed by atoms with E-state index >= 15 is 0 Å². The molecule has 0 radical (unpaired) electrons. The van der Waals surface area contributed by atoms with Crippen LogP contribution < -0.4 is 0 Å². The van der Waals surface area contributed by atoms with Crippen LogP contribution in [-0.4, -0.2) is 44.4 Å². The second-order valence-corrected chi connectivity index (χ2v) is 6.72. The van der Waals surface area contributed by atoms with Gasteiger partial charge in [-0.1, -0.05) is 0 Å². The van der Waals surface area contributed by atoms with Crippen molar-refractivity contribution in [3.05, 3.63) is 11.8 Å². The Hall–Kier alpha value is -1.24. The minimum Gasteiger partial charge on any atom is -0.444 e. The molecular weight excluding hydrogens is 258 g/mol. The van der Waals surface area contributed by atoms with Crippen molar-refractivity contribution in [2.45, 2.75) is 32.8 Å². The molecule has 18 heavy (non-hydrogen) atoms. The van der Waals surface area contributed by atoms with Gasteiger partial charge in [0.15, 0.2) is 0 Å². The van der Waals surface area contributed by atoms with Crippen molar-refractivity contribution in [1.29, 1.82) is 0 Å². The third-order valence-corrected chi connectivity index (χ3v) is 2.54. The number of hydrogen-bond donors (Lipinski definition) is 0. The zero-order chi connectivity index (χ0) is 14.0. The molecule has 6 nitrogen and oxygen atoms in total. The van der Waals surface area contributed by atoms with Crippen molar-refractivity contribution >= 4 is 16.2 Å². The molecule has 1 aliphatic heterocycles. The maximum absolute atomic E-state index is 11.8. The largest absolute Gasteiger partial charge is 0.444 e. The van der Waals surface area contributed by atoms with Gasteiger partial charge in [0.05, 0.1) is 12.8 Å². The molecule has 0 saturated carbocycles. The summed E-state index contributed by atoms with van der Waals surface area (Å²) in [6, 6.07) is 0. The Bertz CT molecular complexity index is 447. The minimum atomic E-state index is -3.56. The van der Waals surface area contributed by atoms with E-state index < -0.39 is 21.8 Å². The minimum absolute atomic E-state index is 0.113. The van der Waals surface area contributed by atoms with Gasteiger partial charge in [0.25, 0.3) is 0 Å². The topological polar surface area (TPSA) is 72.9 Å². The van der Waals surface area contributed by atoms with Gasteiger partial charge in [-0.05, 0) is 33.3 Å². The Morgan fingerprint density at radius 2 is 2.00 bits per heavy atom. The molecule has 104 valence electrons. The first-order chi connectivity index (χ1) is 8.07. The Labute approximate surface area is 108 Å². The Morgan fingerprint density at radius 3 is 2.50 bits per heavy atom. The predicted molar refractivity (Wildman–Crippen MR) is 66.4 cm³/mol. The lowest BCUT2D eigenvalue weighted by molar-refractivity contribution is 0.0244. The highest BCUT2D eigenvalue weighted by Crippen LogP contribution is 2.16. The highest BCUT2D eigenvalue weighted by atomic mass is 32.2. The number of ether oxygens (including phenoxy) is 1. The zero-order valence-corrected chi connectivity index (χ0v) is 11.9. The van der Waals surface area contributed by atoms with Crippen LogP contribution in [0.5, 0.6) is 0 Å². The maximum atomic E-state index is 11.8. The lowest BCUT2D eigenvalue weighted by Crippen LogP contribution is -2.40. The molecule has 7 heteroatoms. The van der Waals surface area contributed by atoms with Gasteiger partial charge >= 0.3 is 16.2 Å². The average Bonchev–Trinajstić information content (AvgIpc) is 2.12. The number of amides is 1. The Kier molecular flexibility index (Phi) is 4.26. The first kappa shape index (κ1) is 14.8. The monoisotopic (exact) mass is 277 g/mol. The Morgan fingerprint density at radius 1 is 1.39 bits per heavy atom. The van der Waals surface area contributed by atoms with E-state index in [1.807, 2.05) is 0 Å². The van der Waals surface area contributed by atoms with Crippen LogP contribution in [-0.2, 0) is 19.0 Å². The molecule has 1 aliphatic rings. The first-order valence-corrected chi connectivity index (χ1v) is 7.45. The quantitative estimate of drug-likeness (QED) is 0.715. The highest BCUT2D eigenvalue weighted by Gasteiger charge is 2.25. The maximum Gasteiger partial charge on any atom is 0.410 e. The molecule has 0 spiro atoms. The average molecular weight is 277 g/mol. The van der Waals surface area contributed by atoms with Gasteiger partial charge in [-0.25, -0.2) is 4.79 Å². The van der Waals surface area contributed by atoms with Crippen LogP contribution in [0.25, 0.3) is 0 Å². The second-order valence-electron chi connectivity index (χ2n) is 5.15. The Balaban J connectivity index is 2.63. The first-order valence-electron chi connectivity index (χ1n) is 5.63. The summed E-state index contributed by atoms with van der Waals surface area (Å²) in [5.41, 5.74) is -0.573. The number of nitrogens with zero attached hydrogens (tertiary/aromatic N) is 1. The summed E-state index contributed by atoms with van der Waals surface area (Å²) in [6.45, 7) is 5.93. The fraction of sp³-hybridized carbons (Fsp3) is 0.727. The molecule has 0 aromatic rings. The van der Waals surface area contributed by atoms with Gasteiger partial charge < -0.3 is 13.8 Å². The molecule has 1 heterocycles. The predicted octanol–water partition coefficient (Wildman–Crippen LogP) is 1.49. The fourth-order valence-electron chi connectivity index (χ4n) is 1.45. The van der Waals surface area contributed by atoms with E-state index in [2.05, 4.69) is 0 Å². The zero-order valence-electron chi connectivity index (χ0n) is 11.1. The third-order valence-electron chi connectivity index (χ3n) is 2.03. The van der Waals surface area contributed by atoms with Crippen LogP contribution >= 0.6 is 0 Å². The lowest BCUT2D eigenvalue weighted by Gasteiger charge is -2.29. The van der Waals surface area contributed by atoms with Crippen molar-refractivity contribution in [2.75, 3.05) is 19.3 Å². The van der Waals surface area contributed by atoms with Crippen molar-refractivity contribution in [1.82, 2.24) is 4.90 Å². The van der Waals surface area contributed by atoms with E-state index in [1.54, 1.807) is 26.8 Å². The van der Waals surface area contributed by atoms with Crippen LogP contribution in [0.1, 0.15) is 27.2 Å². The SMILES string of the molecule is CC(C)(C)OC(=O)N1CCC=C(OS(C)(=O)=O)C1. The summed E-state index contributed by atoms with van der Waals surface area (Å²) < 4.78 is 32.0. The van der Waals surface area contributed by atoms with Crippen LogP contribution in [0.4, 0.5) is 4.79 Å². The van der Waals surface area contributed by atoms with Gasteiger partial charge in [0.2, 0.25) is 0 Å². The number of hydrogen-bond acceptors (Lipinski definition) is 5. The van der Waals surface area contributed by atoms with Gasteiger partial charge in [0, 0.05) is 6.54 Å². The van der Waals surface area contributed by atoms with Crippen LogP contribution in [0.15, 0.2) is 11.8 Å². The van der Waals surface area contributed by atoms with E-state index in [1.165, 1.54) is 4.90 Å². The van der Waals surface area contributed by atoms with Gasteiger partial charge in [-0.3, -0.25) is 0 Å². The molecule has 0 atom stereocenters. The normalized spacial score (nSPS) is 17.1. The van der Waals surface area contributed by atoms with Crippen LogP contribution in [0.3, 0.4) is 0 Å². The van der Waals surface area contributed by atoms with Crippen molar-refractivity contribution in [3.8, 4) is 0 Å². The number of rotatable bonds is 2. The third kappa shape index (κ3) is 5.39. The fourth-order valence-corrected chi connectivity index (χ4v) is 1.96. The van der Waals surface area contributed by atoms with Gasteiger partial charge in [0.1, 0.15) is 11.4 Å². The molecule has 0 aromatic carbocycles. The van der Waals surface area contributed by atoms with Crippen molar-refractivity contribution in [2.24, 2.45) is 0 Å². The summed E-state index contributed by atoms with van der Waals surface area (Å²) in [6.07, 6.45) is 2.72. The smallest absolute Gasteiger partial charge is 0.410 e. The summed E-state index contributed by atoms with van der Waals surface area (Å²) in [5.74, 6) is 0.259. The van der Waals surface area contributed by atoms with Gasteiger partial charge in [-0.15, -0.1) is 0 Å². The highest BCUT2D eigenvalue weighted by molar-refractivity contribution is 7.86. The van der Waals surface area contributed by atoms with Crippen molar-refractivity contribution in [3.63, 3.8) is 0 Å². The second kappa shape index (κ2) is 5.17. The molecule has 1 amide bonds. The molecule has 0 unspecified atom stereocenters.